The zero-order chi connectivity index (χ0) is 7.84. The van der Waals surface area contributed by atoms with Gasteiger partial charge in [-0.2, -0.15) is 0 Å². The van der Waals surface area contributed by atoms with Gasteiger partial charge in [0.1, 0.15) is 0 Å². The molecule has 0 radical (unpaired) electrons. The minimum atomic E-state index is 0.771. The fourth-order valence-electron chi connectivity index (χ4n) is 2.66. The highest BCUT2D eigenvalue weighted by Gasteiger charge is 2.46. The summed E-state index contributed by atoms with van der Waals surface area (Å²) in [5.41, 5.74) is 0. The third-order valence-corrected chi connectivity index (χ3v) is 3.51. The Hall–Kier alpha value is -0.0400. The van der Waals surface area contributed by atoms with Gasteiger partial charge in [-0.1, -0.05) is 6.92 Å². The SMILES string of the molecule is CCNC(C)C1CC2CC2C1. The summed E-state index contributed by atoms with van der Waals surface area (Å²) in [5, 5.41) is 3.53. The molecule has 2 aliphatic carbocycles. The van der Waals surface area contributed by atoms with Crippen molar-refractivity contribution in [1.82, 2.24) is 5.32 Å². The van der Waals surface area contributed by atoms with Gasteiger partial charge < -0.3 is 5.32 Å². The van der Waals surface area contributed by atoms with Crippen LogP contribution in [-0.4, -0.2) is 12.6 Å². The van der Waals surface area contributed by atoms with Gasteiger partial charge in [0.15, 0.2) is 0 Å². The molecule has 64 valence electrons. The van der Waals surface area contributed by atoms with Crippen LogP contribution in [0.1, 0.15) is 33.1 Å². The van der Waals surface area contributed by atoms with Crippen molar-refractivity contribution in [2.45, 2.75) is 39.2 Å². The first-order valence-electron chi connectivity index (χ1n) is 5.04. The molecule has 1 heteroatoms. The molecule has 0 aromatic carbocycles. The minimum absolute atomic E-state index is 0.771. The summed E-state index contributed by atoms with van der Waals surface area (Å²) in [4.78, 5) is 0. The van der Waals surface area contributed by atoms with E-state index >= 15 is 0 Å². The van der Waals surface area contributed by atoms with E-state index in [4.69, 9.17) is 0 Å². The van der Waals surface area contributed by atoms with Crippen molar-refractivity contribution in [2.24, 2.45) is 17.8 Å². The van der Waals surface area contributed by atoms with Crippen molar-refractivity contribution >= 4 is 0 Å². The Morgan fingerprint density at radius 1 is 1.27 bits per heavy atom. The first-order valence-corrected chi connectivity index (χ1v) is 5.04. The van der Waals surface area contributed by atoms with Gasteiger partial charge in [-0.05, 0) is 50.5 Å². The molecule has 2 rings (SSSR count). The van der Waals surface area contributed by atoms with Crippen molar-refractivity contribution in [3.05, 3.63) is 0 Å². The maximum atomic E-state index is 3.53. The van der Waals surface area contributed by atoms with Gasteiger partial charge in [0.25, 0.3) is 0 Å². The number of fused-ring (bicyclic) bond motifs is 1. The lowest BCUT2D eigenvalue weighted by Gasteiger charge is -2.20. The third-order valence-electron chi connectivity index (χ3n) is 3.51. The Kier molecular flexibility index (Phi) is 1.92. The Balaban J connectivity index is 1.77. The van der Waals surface area contributed by atoms with Crippen LogP contribution in [0.5, 0.6) is 0 Å². The number of hydrogen-bond donors (Lipinski definition) is 1. The third kappa shape index (κ3) is 1.44. The largest absolute Gasteiger partial charge is 0.314 e. The van der Waals surface area contributed by atoms with E-state index in [2.05, 4.69) is 19.2 Å². The quantitative estimate of drug-likeness (QED) is 0.654. The second-order valence-corrected chi connectivity index (χ2v) is 4.33. The summed E-state index contributed by atoms with van der Waals surface area (Å²) in [5.74, 6) is 3.28. The standard InChI is InChI=1S/C10H19N/c1-3-11-7(2)8-4-9-6-10(9)5-8/h7-11H,3-6H2,1-2H3. The molecule has 2 aliphatic rings. The monoisotopic (exact) mass is 153 g/mol. The van der Waals surface area contributed by atoms with Crippen molar-refractivity contribution in [1.29, 1.82) is 0 Å². The van der Waals surface area contributed by atoms with Crippen LogP contribution < -0.4 is 5.32 Å². The molecule has 0 aromatic rings. The van der Waals surface area contributed by atoms with E-state index in [1.807, 2.05) is 0 Å². The highest BCUT2D eigenvalue weighted by atomic mass is 14.9. The van der Waals surface area contributed by atoms with E-state index in [9.17, 15) is 0 Å². The van der Waals surface area contributed by atoms with E-state index in [1.165, 1.54) is 12.8 Å². The van der Waals surface area contributed by atoms with Crippen molar-refractivity contribution in [2.75, 3.05) is 6.54 Å². The van der Waals surface area contributed by atoms with Gasteiger partial charge in [0.2, 0.25) is 0 Å². The fourth-order valence-corrected chi connectivity index (χ4v) is 2.66. The highest BCUT2D eigenvalue weighted by Crippen LogP contribution is 2.55. The lowest BCUT2D eigenvalue weighted by molar-refractivity contribution is 0.360. The van der Waals surface area contributed by atoms with Crippen molar-refractivity contribution in [3.63, 3.8) is 0 Å². The maximum Gasteiger partial charge on any atom is 0.00670 e. The van der Waals surface area contributed by atoms with Gasteiger partial charge in [0, 0.05) is 6.04 Å². The summed E-state index contributed by atoms with van der Waals surface area (Å²) < 4.78 is 0. The molecule has 0 bridgehead atoms. The van der Waals surface area contributed by atoms with Gasteiger partial charge >= 0.3 is 0 Å². The number of rotatable bonds is 3. The predicted octanol–water partition coefficient (Wildman–Crippen LogP) is 2.03. The zero-order valence-corrected chi connectivity index (χ0v) is 7.64. The lowest BCUT2D eigenvalue weighted by Crippen LogP contribution is -2.32. The zero-order valence-electron chi connectivity index (χ0n) is 7.64. The second-order valence-electron chi connectivity index (χ2n) is 4.33. The Bertz CT molecular complexity index is 134. The molecule has 11 heavy (non-hydrogen) atoms. The molecule has 1 N–H and O–H groups in total. The normalized spacial score (nSPS) is 43.6. The lowest BCUT2D eigenvalue weighted by atomic mass is 9.96. The van der Waals surface area contributed by atoms with Gasteiger partial charge in [-0.3, -0.25) is 0 Å². The summed E-state index contributed by atoms with van der Waals surface area (Å²) in [6.07, 6.45) is 4.58. The molecular weight excluding hydrogens is 134 g/mol. The smallest absolute Gasteiger partial charge is 0.00670 e. The average molecular weight is 153 g/mol. The molecule has 0 aromatic heterocycles. The summed E-state index contributed by atoms with van der Waals surface area (Å²) in [7, 11) is 0. The van der Waals surface area contributed by atoms with Gasteiger partial charge in [-0.25, -0.2) is 0 Å². The summed E-state index contributed by atoms with van der Waals surface area (Å²) in [6, 6.07) is 0.771. The van der Waals surface area contributed by atoms with Crippen LogP contribution in [0.2, 0.25) is 0 Å². The molecule has 0 heterocycles. The van der Waals surface area contributed by atoms with Gasteiger partial charge in [0.05, 0.1) is 0 Å². The molecule has 0 amide bonds. The molecule has 2 saturated carbocycles. The van der Waals surface area contributed by atoms with E-state index in [0.29, 0.717) is 0 Å². The van der Waals surface area contributed by atoms with Crippen LogP contribution in [0, 0.1) is 17.8 Å². The van der Waals surface area contributed by atoms with E-state index < -0.39 is 0 Å². The van der Waals surface area contributed by atoms with Crippen LogP contribution in [0.25, 0.3) is 0 Å². The molecule has 1 nitrogen and oxygen atoms in total. The summed E-state index contributed by atoms with van der Waals surface area (Å²) >= 11 is 0. The second kappa shape index (κ2) is 2.78. The Morgan fingerprint density at radius 3 is 2.45 bits per heavy atom. The highest BCUT2D eigenvalue weighted by molar-refractivity contribution is 4.98. The van der Waals surface area contributed by atoms with E-state index in [0.717, 1.165) is 30.3 Å². The first-order chi connectivity index (χ1) is 5.31. The van der Waals surface area contributed by atoms with E-state index in [-0.39, 0.29) is 0 Å². The Morgan fingerprint density at radius 2 is 1.91 bits per heavy atom. The molecule has 0 aliphatic heterocycles. The molecule has 2 fully saturated rings. The molecule has 3 atom stereocenters. The topological polar surface area (TPSA) is 12.0 Å². The molecule has 3 unspecified atom stereocenters. The molecular formula is C10H19N. The Labute approximate surface area is 69.6 Å². The molecule has 0 saturated heterocycles. The van der Waals surface area contributed by atoms with Crippen LogP contribution in [0.3, 0.4) is 0 Å². The van der Waals surface area contributed by atoms with Crippen LogP contribution in [0.4, 0.5) is 0 Å². The summed E-state index contributed by atoms with van der Waals surface area (Å²) in [6.45, 7) is 5.68. The fraction of sp³-hybridized carbons (Fsp3) is 1.00. The van der Waals surface area contributed by atoms with Crippen molar-refractivity contribution < 1.29 is 0 Å². The van der Waals surface area contributed by atoms with Crippen LogP contribution in [0.15, 0.2) is 0 Å². The number of nitrogens with one attached hydrogen (secondary N) is 1. The van der Waals surface area contributed by atoms with E-state index in [1.54, 1.807) is 6.42 Å². The minimum Gasteiger partial charge on any atom is -0.314 e. The van der Waals surface area contributed by atoms with Crippen LogP contribution >= 0.6 is 0 Å². The molecule has 0 spiro atoms. The van der Waals surface area contributed by atoms with Crippen LogP contribution in [-0.2, 0) is 0 Å². The van der Waals surface area contributed by atoms with Crippen molar-refractivity contribution in [3.8, 4) is 0 Å². The predicted molar refractivity (Wildman–Crippen MR) is 47.5 cm³/mol. The first kappa shape index (κ1) is 7.60. The maximum absolute atomic E-state index is 3.53. The van der Waals surface area contributed by atoms with Gasteiger partial charge in [-0.15, -0.1) is 0 Å². The number of hydrogen-bond acceptors (Lipinski definition) is 1. The average Bonchev–Trinajstić information content (AvgIpc) is 2.59.